The minimum absolute atomic E-state index is 0.389. The lowest BCUT2D eigenvalue weighted by atomic mass is 10.2. The zero-order valence-electron chi connectivity index (χ0n) is 13.1. The van der Waals surface area contributed by atoms with E-state index in [0.29, 0.717) is 22.1 Å². The molecular weight excluding hydrogens is 326 g/mol. The third-order valence-electron chi connectivity index (χ3n) is 3.33. The van der Waals surface area contributed by atoms with Crippen LogP contribution >= 0.6 is 12.2 Å². The first-order chi connectivity index (χ1) is 11.7. The molecule has 7 nitrogen and oxygen atoms in total. The Morgan fingerprint density at radius 2 is 1.96 bits per heavy atom. The van der Waals surface area contributed by atoms with E-state index < -0.39 is 0 Å². The lowest BCUT2D eigenvalue weighted by Crippen LogP contribution is -1.98. The predicted molar refractivity (Wildman–Crippen MR) is 93.2 cm³/mol. The van der Waals surface area contributed by atoms with E-state index in [1.807, 2.05) is 30.3 Å². The highest BCUT2D eigenvalue weighted by molar-refractivity contribution is 7.71. The van der Waals surface area contributed by atoms with Gasteiger partial charge in [-0.1, -0.05) is 6.07 Å². The molecule has 2 aromatic heterocycles. The quantitative estimate of drug-likeness (QED) is 0.570. The Labute approximate surface area is 143 Å². The number of nitrogens with one attached hydrogen (secondary N) is 1. The molecule has 122 valence electrons. The second-order valence-electron chi connectivity index (χ2n) is 4.73. The van der Waals surface area contributed by atoms with E-state index in [1.54, 1.807) is 37.5 Å². The van der Waals surface area contributed by atoms with Gasteiger partial charge in [-0.2, -0.15) is 14.9 Å². The van der Waals surface area contributed by atoms with E-state index in [2.05, 4.69) is 20.3 Å². The van der Waals surface area contributed by atoms with Crippen molar-refractivity contribution >= 4 is 18.4 Å². The minimum atomic E-state index is 0.389. The summed E-state index contributed by atoms with van der Waals surface area (Å²) in [6.07, 6.45) is 5.02. The number of aromatic amines is 1. The SMILES string of the molecule is COc1cccc(/C=N\n2c(-c3ccncc3)n[nH]c2=S)c1OC. The van der Waals surface area contributed by atoms with Gasteiger partial charge in [0.05, 0.1) is 20.4 Å². The van der Waals surface area contributed by atoms with Gasteiger partial charge in [-0.05, 0) is 36.5 Å². The van der Waals surface area contributed by atoms with Crippen molar-refractivity contribution < 1.29 is 9.47 Å². The monoisotopic (exact) mass is 341 g/mol. The standard InChI is InChI=1S/C16H15N5O2S/c1-22-13-5-3-4-12(14(13)23-2)10-18-21-15(19-20-16(21)24)11-6-8-17-9-7-11/h3-10H,1-2H3,(H,20,24)/b18-10-. The number of aromatic nitrogens is 4. The number of H-pyrrole nitrogens is 1. The van der Waals surface area contributed by atoms with Crippen LogP contribution < -0.4 is 9.47 Å². The van der Waals surface area contributed by atoms with Crippen molar-refractivity contribution in [2.45, 2.75) is 0 Å². The molecule has 0 aliphatic heterocycles. The summed E-state index contributed by atoms with van der Waals surface area (Å²) in [6, 6.07) is 9.23. The van der Waals surface area contributed by atoms with Crippen LogP contribution in [0.5, 0.6) is 11.5 Å². The molecule has 0 unspecified atom stereocenters. The summed E-state index contributed by atoms with van der Waals surface area (Å²) >= 11 is 5.26. The van der Waals surface area contributed by atoms with Crippen molar-refractivity contribution in [3.8, 4) is 22.9 Å². The van der Waals surface area contributed by atoms with Crippen molar-refractivity contribution in [3.63, 3.8) is 0 Å². The molecule has 3 rings (SSSR count). The second kappa shape index (κ2) is 7.05. The lowest BCUT2D eigenvalue weighted by Gasteiger charge is -2.09. The zero-order valence-corrected chi connectivity index (χ0v) is 13.9. The van der Waals surface area contributed by atoms with Gasteiger partial charge in [0.1, 0.15) is 0 Å². The van der Waals surface area contributed by atoms with Crippen LogP contribution in [0.15, 0.2) is 47.8 Å². The van der Waals surface area contributed by atoms with Crippen molar-refractivity contribution in [1.82, 2.24) is 19.9 Å². The van der Waals surface area contributed by atoms with Crippen LogP contribution in [-0.2, 0) is 0 Å². The molecule has 24 heavy (non-hydrogen) atoms. The Balaban J connectivity index is 2.03. The molecular formula is C16H15N5O2S. The molecule has 0 radical (unpaired) electrons. The molecule has 0 saturated carbocycles. The van der Waals surface area contributed by atoms with Crippen molar-refractivity contribution in [2.24, 2.45) is 5.10 Å². The van der Waals surface area contributed by atoms with Crippen LogP contribution in [0.4, 0.5) is 0 Å². The van der Waals surface area contributed by atoms with Gasteiger partial charge in [0.2, 0.25) is 4.77 Å². The normalized spacial score (nSPS) is 10.9. The van der Waals surface area contributed by atoms with Crippen LogP contribution in [0.1, 0.15) is 5.56 Å². The molecule has 0 aliphatic rings. The zero-order chi connectivity index (χ0) is 16.9. The third-order valence-corrected chi connectivity index (χ3v) is 3.60. The number of hydrogen-bond donors (Lipinski definition) is 1. The Morgan fingerprint density at radius 1 is 1.17 bits per heavy atom. The summed E-state index contributed by atoms with van der Waals surface area (Å²) in [7, 11) is 3.17. The Kier molecular flexibility index (Phi) is 4.66. The molecule has 3 aromatic rings. The first kappa shape index (κ1) is 15.9. The first-order valence-corrected chi connectivity index (χ1v) is 7.48. The number of rotatable bonds is 5. The van der Waals surface area contributed by atoms with Crippen LogP contribution in [0, 0.1) is 4.77 Å². The smallest absolute Gasteiger partial charge is 0.216 e. The molecule has 1 N–H and O–H groups in total. The molecule has 0 atom stereocenters. The summed E-state index contributed by atoms with van der Waals surface area (Å²) in [5.41, 5.74) is 1.62. The van der Waals surface area contributed by atoms with Gasteiger partial charge in [-0.25, -0.2) is 5.10 Å². The number of hydrogen-bond acceptors (Lipinski definition) is 6. The third kappa shape index (κ3) is 3.04. The number of nitrogens with zero attached hydrogens (tertiary/aromatic N) is 4. The predicted octanol–water partition coefficient (Wildman–Crippen LogP) is 2.90. The van der Waals surface area contributed by atoms with Crippen LogP contribution in [0.25, 0.3) is 11.4 Å². The van der Waals surface area contributed by atoms with E-state index in [0.717, 1.165) is 11.1 Å². The fourth-order valence-corrected chi connectivity index (χ4v) is 2.40. The molecule has 0 fully saturated rings. The maximum absolute atomic E-state index is 5.40. The van der Waals surface area contributed by atoms with Crippen molar-refractivity contribution in [1.29, 1.82) is 0 Å². The second-order valence-corrected chi connectivity index (χ2v) is 5.11. The highest BCUT2D eigenvalue weighted by atomic mass is 32.1. The molecule has 0 saturated heterocycles. The summed E-state index contributed by atoms with van der Waals surface area (Å²) in [5.74, 6) is 1.83. The fraction of sp³-hybridized carbons (Fsp3) is 0.125. The lowest BCUT2D eigenvalue weighted by molar-refractivity contribution is 0.354. The number of ether oxygens (including phenoxy) is 2. The molecule has 0 amide bonds. The molecule has 8 heteroatoms. The topological polar surface area (TPSA) is 77.3 Å². The average molecular weight is 341 g/mol. The minimum Gasteiger partial charge on any atom is -0.493 e. The van der Waals surface area contributed by atoms with Gasteiger partial charge >= 0.3 is 0 Å². The number of methoxy groups -OCH3 is 2. The fourth-order valence-electron chi connectivity index (χ4n) is 2.22. The largest absolute Gasteiger partial charge is 0.493 e. The highest BCUT2D eigenvalue weighted by Gasteiger charge is 2.10. The molecule has 0 spiro atoms. The Bertz CT molecular complexity index is 918. The van der Waals surface area contributed by atoms with Gasteiger partial charge < -0.3 is 9.47 Å². The molecule has 2 heterocycles. The van der Waals surface area contributed by atoms with E-state index in [1.165, 1.54) is 0 Å². The van der Waals surface area contributed by atoms with Crippen LogP contribution in [0.2, 0.25) is 0 Å². The number of benzene rings is 1. The first-order valence-electron chi connectivity index (χ1n) is 7.07. The maximum atomic E-state index is 5.40. The summed E-state index contributed by atoms with van der Waals surface area (Å²) < 4.78 is 12.6. The van der Waals surface area contributed by atoms with E-state index in [-0.39, 0.29) is 0 Å². The number of pyridine rings is 1. The Morgan fingerprint density at radius 3 is 2.67 bits per heavy atom. The average Bonchev–Trinajstić information content (AvgIpc) is 3.00. The van der Waals surface area contributed by atoms with E-state index in [9.17, 15) is 0 Å². The summed E-state index contributed by atoms with van der Waals surface area (Å²) in [5, 5.41) is 11.4. The van der Waals surface area contributed by atoms with Gasteiger partial charge in [-0.15, -0.1) is 0 Å². The Hall–Kier alpha value is -3.00. The summed E-state index contributed by atoms with van der Waals surface area (Å²) in [4.78, 5) is 4.00. The van der Waals surface area contributed by atoms with Crippen molar-refractivity contribution in [3.05, 3.63) is 53.1 Å². The van der Waals surface area contributed by atoms with Gasteiger partial charge in [-0.3, -0.25) is 4.98 Å². The van der Waals surface area contributed by atoms with Crippen molar-refractivity contribution in [2.75, 3.05) is 14.2 Å². The van der Waals surface area contributed by atoms with Crippen LogP contribution in [-0.4, -0.2) is 40.3 Å². The molecule has 0 aliphatic carbocycles. The van der Waals surface area contributed by atoms with E-state index in [4.69, 9.17) is 21.7 Å². The van der Waals surface area contributed by atoms with Gasteiger partial charge in [0.15, 0.2) is 17.3 Å². The van der Waals surface area contributed by atoms with Gasteiger partial charge in [0, 0.05) is 23.5 Å². The number of para-hydroxylation sites is 1. The molecule has 0 bridgehead atoms. The van der Waals surface area contributed by atoms with Gasteiger partial charge in [0.25, 0.3) is 0 Å². The van der Waals surface area contributed by atoms with E-state index >= 15 is 0 Å². The highest BCUT2D eigenvalue weighted by Crippen LogP contribution is 2.29. The maximum Gasteiger partial charge on any atom is 0.216 e. The molecule has 1 aromatic carbocycles. The van der Waals surface area contributed by atoms with Crippen LogP contribution in [0.3, 0.4) is 0 Å². The summed E-state index contributed by atoms with van der Waals surface area (Å²) in [6.45, 7) is 0.